The van der Waals surface area contributed by atoms with Gasteiger partial charge < -0.3 is 5.11 Å². The Hall–Kier alpha value is -2.19. The van der Waals surface area contributed by atoms with Crippen molar-refractivity contribution >= 4 is 40.9 Å². The maximum atomic E-state index is 11.7. The Morgan fingerprint density at radius 1 is 1.38 bits per heavy atom. The minimum Gasteiger partial charge on any atom is -0.480 e. The van der Waals surface area contributed by atoms with E-state index in [0.717, 1.165) is 10.9 Å². The Bertz CT molecular complexity index is 935. The van der Waals surface area contributed by atoms with Crippen molar-refractivity contribution in [3.8, 4) is 11.5 Å². The number of rotatable bonds is 6. The van der Waals surface area contributed by atoms with Crippen LogP contribution < -0.4 is 0 Å². The van der Waals surface area contributed by atoms with Gasteiger partial charge in [-0.1, -0.05) is 24.3 Å². The number of carboxylic acids is 1. The average Bonchev–Trinajstić information content (AvgIpc) is 2.96. The molecule has 0 amide bonds. The fraction of sp³-hybridized carbons (Fsp3) is 0.250. The van der Waals surface area contributed by atoms with Crippen molar-refractivity contribution < 1.29 is 9.90 Å². The zero-order valence-electron chi connectivity index (χ0n) is 13.0. The van der Waals surface area contributed by atoms with E-state index in [1.54, 1.807) is 16.3 Å². The molecule has 3 aromatic rings. The van der Waals surface area contributed by atoms with Gasteiger partial charge in [0.2, 0.25) is 0 Å². The second-order valence-corrected chi connectivity index (χ2v) is 6.62. The molecule has 0 radical (unpaired) electrons. The van der Waals surface area contributed by atoms with Gasteiger partial charge in [-0.15, -0.1) is 0 Å². The van der Waals surface area contributed by atoms with Crippen LogP contribution in [0.15, 0.2) is 36.4 Å². The highest BCUT2D eigenvalue weighted by molar-refractivity contribution is 7.98. The van der Waals surface area contributed by atoms with Crippen LogP contribution in [0, 0.1) is 4.77 Å². The van der Waals surface area contributed by atoms with Crippen LogP contribution in [-0.4, -0.2) is 42.8 Å². The summed E-state index contributed by atoms with van der Waals surface area (Å²) in [6, 6.07) is 10.7. The van der Waals surface area contributed by atoms with E-state index in [1.165, 1.54) is 0 Å². The Balaban J connectivity index is 2.10. The monoisotopic (exact) mass is 360 g/mol. The zero-order chi connectivity index (χ0) is 17.1. The third kappa shape index (κ3) is 3.20. The van der Waals surface area contributed by atoms with Crippen LogP contribution >= 0.6 is 24.0 Å². The lowest BCUT2D eigenvalue weighted by Crippen LogP contribution is -2.21. The number of nitrogens with one attached hydrogen (secondary N) is 1. The standard InChI is InChI=1S/C16H16N4O2S2/c1-24-9-8-13(15(21)22)20-14(18-19-16(20)23)12-7-6-10-4-2-3-5-11(10)17-12/h2-7,13H,8-9H2,1H3,(H,19,23)(H,21,22). The number of carboxylic acid groups (broad SMARTS) is 1. The molecule has 1 aromatic carbocycles. The molecule has 0 bridgehead atoms. The first-order chi connectivity index (χ1) is 11.6. The summed E-state index contributed by atoms with van der Waals surface area (Å²) >= 11 is 6.86. The largest absolute Gasteiger partial charge is 0.480 e. The molecular formula is C16H16N4O2S2. The van der Waals surface area contributed by atoms with Crippen LogP contribution in [-0.2, 0) is 4.79 Å². The van der Waals surface area contributed by atoms with E-state index < -0.39 is 12.0 Å². The number of benzene rings is 1. The first kappa shape index (κ1) is 16.7. The molecule has 3 rings (SSSR count). The van der Waals surface area contributed by atoms with Gasteiger partial charge in [0.25, 0.3) is 0 Å². The summed E-state index contributed by atoms with van der Waals surface area (Å²) in [6.07, 6.45) is 2.41. The number of para-hydroxylation sites is 1. The molecule has 2 aromatic heterocycles. The third-order valence-corrected chi connectivity index (χ3v) is 4.66. The molecule has 2 N–H and O–H groups in total. The molecule has 1 unspecified atom stereocenters. The maximum Gasteiger partial charge on any atom is 0.326 e. The molecule has 1 atom stereocenters. The molecule has 0 saturated heterocycles. The van der Waals surface area contributed by atoms with Crippen molar-refractivity contribution in [2.75, 3.05) is 12.0 Å². The highest BCUT2D eigenvalue weighted by Gasteiger charge is 2.24. The lowest BCUT2D eigenvalue weighted by atomic mass is 10.2. The summed E-state index contributed by atoms with van der Waals surface area (Å²) < 4.78 is 1.83. The van der Waals surface area contributed by atoms with Gasteiger partial charge in [0.05, 0.1) is 5.52 Å². The summed E-state index contributed by atoms with van der Waals surface area (Å²) in [5.74, 6) is 0.233. The normalized spacial score (nSPS) is 12.4. The fourth-order valence-corrected chi connectivity index (χ4v) is 3.28. The maximum absolute atomic E-state index is 11.7. The van der Waals surface area contributed by atoms with Gasteiger partial charge in [0.15, 0.2) is 10.6 Å². The Morgan fingerprint density at radius 2 is 2.17 bits per heavy atom. The molecule has 0 saturated carbocycles. The molecule has 6 nitrogen and oxygen atoms in total. The quantitative estimate of drug-likeness (QED) is 0.654. The topological polar surface area (TPSA) is 83.8 Å². The summed E-state index contributed by atoms with van der Waals surface area (Å²) in [5.41, 5.74) is 1.42. The summed E-state index contributed by atoms with van der Waals surface area (Å²) in [7, 11) is 0. The van der Waals surface area contributed by atoms with Gasteiger partial charge >= 0.3 is 5.97 Å². The number of carbonyl (C=O) groups is 1. The number of hydrogen-bond donors (Lipinski definition) is 2. The predicted molar refractivity (Wildman–Crippen MR) is 97.8 cm³/mol. The Labute approximate surface area is 147 Å². The van der Waals surface area contributed by atoms with Crippen LogP contribution in [0.2, 0.25) is 0 Å². The summed E-state index contributed by atoms with van der Waals surface area (Å²) in [5, 5.41) is 17.5. The number of H-pyrrole nitrogens is 1. The van der Waals surface area contributed by atoms with Crippen LogP contribution in [0.4, 0.5) is 0 Å². The third-order valence-electron chi connectivity index (χ3n) is 3.72. The van der Waals surface area contributed by atoms with Gasteiger partial charge in [0.1, 0.15) is 11.7 Å². The predicted octanol–water partition coefficient (Wildman–Crippen LogP) is 3.53. The Morgan fingerprint density at radius 3 is 2.92 bits per heavy atom. The molecule has 0 spiro atoms. The van der Waals surface area contributed by atoms with Crippen molar-refractivity contribution in [2.24, 2.45) is 0 Å². The second kappa shape index (κ2) is 7.14. The van der Waals surface area contributed by atoms with Gasteiger partial charge in [-0.3, -0.25) is 9.67 Å². The molecule has 0 aliphatic carbocycles. The van der Waals surface area contributed by atoms with Crippen molar-refractivity contribution in [1.29, 1.82) is 0 Å². The van der Waals surface area contributed by atoms with E-state index in [1.807, 2.05) is 42.7 Å². The minimum atomic E-state index is -0.927. The van der Waals surface area contributed by atoms with Gasteiger partial charge in [-0.05, 0) is 42.8 Å². The lowest BCUT2D eigenvalue weighted by Gasteiger charge is -2.15. The lowest BCUT2D eigenvalue weighted by molar-refractivity contribution is -0.140. The van der Waals surface area contributed by atoms with Crippen molar-refractivity contribution in [3.63, 3.8) is 0 Å². The van der Waals surface area contributed by atoms with Crippen LogP contribution in [0.5, 0.6) is 0 Å². The van der Waals surface area contributed by atoms with E-state index in [0.29, 0.717) is 23.7 Å². The number of fused-ring (bicyclic) bond motifs is 1. The van der Waals surface area contributed by atoms with Gasteiger partial charge in [-0.2, -0.15) is 16.9 Å². The van der Waals surface area contributed by atoms with Gasteiger partial charge in [0, 0.05) is 5.39 Å². The van der Waals surface area contributed by atoms with Crippen LogP contribution in [0.3, 0.4) is 0 Å². The number of aliphatic carboxylic acids is 1. The molecule has 0 aliphatic rings. The number of nitrogens with zero attached hydrogens (tertiary/aromatic N) is 3. The van der Waals surface area contributed by atoms with Crippen LogP contribution in [0.1, 0.15) is 12.5 Å². The second-order valence-electron chi connectivity index (χ2n) is 5.25. The van der Waals surface area contributed by atoms with E-state index in [-0.39, 0.29) is 4.77 Å². The molecule has 8 heteroatoms. The van der Waals surface area contributed by atoms with Gasteiger partial charge in [-0.25, -0.2) is 9.78 Å². The highest BCUT2D eigenvalue weighted by Crippen LogP contribution is 2.25. The first-order valence-corrected chi connectivity index (χ1v) is 9.17. The number of thioether (sulfide) groups is 1. The molecular weight excluding hydrogens is 344 g/mol. The molecule has 124 valence electrons. The Kier molecular flexibility index (Phi) is 4.96. The molecule has 24 heavy (non-hydrogen) atoms. The zero-order valence-corrected chi connectivity index (χ0v) is 14.6. The van der Waals surface area contributed by atoms with E-state index in [4.69, 9.17) is 12.2 Å². The number of hydrogen-bond acceptors (Lipinski definition) is 5. The number of pyridine rings is 1. The fourth-order valence-electron chi connectivity index (χ4n) is 2.56. The molecule has 0 aliphatic heterocycles. The SMILES string of the molecule is CSCCC(C(=O)O)n1c(-c2ccc3ccccc3n2)n[nH]c1=S. The number of aromatic nitrogens is 4. The van der Waals surface area contributed by atoms with E-state index in [2.05, 4.69) is 15.2 Å². The summed E-state index contributed by atoms with van der Waals surface area (Å²) in [4.78, 5) is 16.3. The van der Waals surface area contributed by atoms with E-state index in [9.17, 15) is 9.90 Å². The van der Waals surface area contributed by atoms with Crippen molar-refractivity contribution in [1.82, 2.24) is 19.7 Å². The van der Waals surface area contributed by atoms with E-state index >= 15 is 0 Å². The first-order valence-electron chi connectivity index (χ1n) is 7.36. The average molecular weight is 360 g/mol. The highest BCUT2D eigenvalue weighted by atomic mass is 32.2. The minimum absolute atomic E-state index is 0.286. The van der Waals surface area contributed by atoms with Crippen molar-refractivity contribution in [3.05, 3.63) is 41.2 Å². The molecule has 0 fully saturated rings. The molecule has 2 heterocycles. The summed E-state index contributed by atoms with van der Waals surface area (Å²) in [6.45, 7) is 0. The van der Waals surface area contributed by atoms with Crippen molar-refractivity contribution in [2.45, 2.75) is 12.5 Å². The number of aromatic amines is 1. The smallest absolute Gasteiger partial charge is 0.326 e. The van der Waals surface area contributed by atoms with Crippen LogP contribution in [0.25, 0.3) is 22.4 Å².